The number of amides is 1. The normalized spacial score (nSPS) is 17.8. The Morgan fingerprint density at radius 1 is 1.32 bits per heavy atom. The second-order valence-corrected chi connectivity index (χ2v) is 8.33. The van der Waals surface area contributed by atoms with Crippen LogP contribution in [0.25, 0.3) is 0 Å². The highest BCUT2D eigenvalue weighted by Crippen LogP contribution is 2.19. The number of carbonyl (C=O) groups is 1. The zero-order chi connectivity index (χ0) is 18.4. The minimum absolute atomic E-state index is 0.0485. The average molecular weight is 369 g/mol. The Balaban J connectivity index is 1.90. The van der Waals surface area contributed by atoms with Crippen LogP contribution >= 0.6 is 0 Å². The first-order valence-electron chi connectivity index (χ1n) is 8.48. The summed E-state index contributed by atoms with van der Waals surface area (Å²) in [4.78, 5) is 13.9. The quantitative estimate of drug-likeness (QED) is 0.721. The maximum atomic E-state index is 12.2. The molecule has 2 N–H and O–H groups in total. The monoisotopic (exact) mass is 369 g/mol. The molecule has 25 heavy (non-hydrogen) atoms. The van der Waals surface area contributed by atoms with E-state index in [4.69, 9.17) is 4.74 Å². The summed E-state index contributed by atoms with van der Waals surface area (Å²) in [5, 5.41) is 3.09. The van der Waals surface area contributed by atoms with Gasteiger partial charge in [0.15, 0.2) is 0 Å². The number of anilines is 1. The first-order chi connectivity index (χ1) is 11.8. The molecule has 0 aliphatic carbocycles. The lowest BCUT2D eigenvalue weighted by molar-refractivity contribution is -0.127. The third kappa shape index (κ3) is 6.21. The zero-order valence-corrected chi connectivity index (χ0v) is 15.8. The molecule has 1 heterocycles. The number of hydrogen-bond donors (Lipinski definition) is 2. The number of benzene rings is 1. The van der Waals surface area contributed by atoms with Gasteiger partial charge in [0.05, 0.1) is 6.10 Å². The van der Waals surface area contributed by atoms with Crippen LogP contribution in [0.4, 0.5) is 5.69 Å². The van der Waals surface area contributed by atoms with Gasteiger partial charge < -0.3 is 15.0 Å². The molecule has 2 rings (SSSR count). The Morgan fingerprint density at radius 2 is 2.00 bits per heavy atom. The van der Waals surface area contributed by atoms with Crippen LogP contribution < -0.4 is 14.8 Å². The van der Waals surface area contributed by atoms with E-state index in [1.165, 1.54) is 0 Å². The number of hydrogen-bond acceptors (Lipinski definition) is 5. The highest BCUT2D eigenvalue weighted by atomic mass is 32.2. The van der Waals surface area contributed by atoms with Crippen molar-refractivity contribution < 1.29 is 17.9 Å². The van der Waals surface area contributed by atoms with E-state index in [0.29, 0.717) is 30.4 Å². The predicted molar refractivity (Wildman–Crippen MR) is 98.2 cm³/mol. The van der Waals surface area contributed by atoms with Gasteiger partial charge in [0.2, 0.25) is 15.9 Å². The second kappa shape index (κ2) is 8.53. The molecule has 7 nitrogen and oxygen atoms in total. The standard InChI is InChI=1S/C17H27N3O4S/c1-13(2)24-16-6-4-15(5-7-16)19-25(22,23)12-17(21)20-9-8-14(11-20)10-18-3/h4-7,13-14,18-19H,8-12H2,1-3H3. The third-order valence-electron chi connectivity index (χ3n) is 3.94. The van der Waals surface area contributed by atoms with Crippen LogP contribution in [0.3, 0.4) is 0 Å². The van der Waals surface area contributed by atoms with Crippen molar-refractivity contribution in [3.63, 3.8) is 0 Å². The summed E-state index contributed by atoms with van der Waals surface area (Å²) in [6.07, 6.45) is 0.949. The maximum absolute atomic E-state index is 12.2. The molecule has 0 spiro atoms. The van der Waals surface area contributed by atoms with E-state index in [0.717, 1.165) is 13.0 Å². The van der Waals surface area contributed by atoms with Gasteiger partial charge in [0.1, 0.15) is 11.5 Å². The summed E-state index contributed by atoms with van der Waals surface area (Å²) in [5.41, 5.74) is 0.415. The predicted octanol–water partition coefficient (Wildman–Crippen LogP) is 1.28. The minimum Gasteiger partial charge on any atom is -0.491 e. The van der Waals surface area contributed by atoms with Gasteiger partial charge in [-0.1, -0.05) is 0 Å². The van der Waals surface area contributed by atoms with Gasteiger partial charge in [-0.3, -0.25) is 9.52 Å². The molecule has 1 saturated heterocycles. The van der Waals surface area contributed by atoms with Crippen molar-refractivity contribution in [3.05, 3.63) is 24.3 Å². The Kier molecular flexibility index (Phi) is 6.66. The van der Waals surface area contributed by atoms with Crippen LogP contribution in [0.2, 0.25) is 0 Å². The summed E-state index contributed by atoms with van der Waals surface area (Å²) in [5.74, 6) is 0.161. The van der Waals surface area contributed by atoms with Crippen molar-refractivity contribution in [2.45, 2.75) is 26.4 Å². The van der Waals surface area contributed by atoms with Gasteiger partial charge in [-0.2, -0.15) is 0 Å². The summed E-state index contributed by atoms with van der Waals surface area (Å²) >= 11 is 0. The van der Waals surface area contributed by atoms with Gasteiger partial charge in [0, 0.05) is 18.8 Å². The molecule has 1 aromatic rings. The molecule has 1 aliphatic heterocycles. The molecule has 0 aromatic heterocycles. The highest BCUT2D eigenvalue weighted by molar-refractivity contribution is 7.93. The van der Waals surface area contributed by atoms with Crippen LogP contribution in [-0.4, -0.2) is 57.8 Å². The number of ether oxygens (including phenoxy) is 1. The molecule has 140 valence electrons. The lowest BCUT2D eigenvalue weighted by atomic mass is 10.1. The lowest BCUT2D eigenvalue weighted by Crippen LogP contribution is -2.36. The third-order valence-corrected chi connectivity index (χ3v) is 5.12. The molecule has 1 fully saturated rings. The van der Waals surface area contributed by atoms with E-state index >= 15 is 0 Å². The molecule has 0 bridgehead atoms. The summed E-state index contributed by atoms with van der Waals surface area (Å²) in [6, 6.07) is 6.64. The van der Waals surface area contributed by atoms with Crippen molar-refractivity contribution in [2.24, 2.45) is 5.92 Å². The van der Waals surface area contributed by atoms with E-state index in [9.17, 15) is 13.2 Å². The Hall–Kier alpha value is -1.80. The molecule has 8 heteroatoms. The van der Waals surface area contributed by atoms with E-state index in [-0.39, 0.29) is 12.0 Å². The van der Waals surface area contributed by atoms with Crippen LogP contribution in [0, 0.1) is 5.92 Å². The molecule has 0 radical (unpaired) electrons. The number of rotatable bonds is 8. The Labute approximate surface area is 149 Å². The molecule has 1 amide bonds. The smallest absolute Gasteiger partial charge is 0.241 e. The molecule has 1 unspecified atom stereocenters. The van der Waals surface area contributed by atoms with Crippen molar-refractivity contribution in [1.29, 1.82) is 0 Å². The van der Waals surface area contributed by atoms with Gasteiger partial charge in [-0.05, 0) is 64.0 Å². The van der Waals surface area contributed by atoms with Crippen LogP contribution in [0.1, 0.15) is 20.3 Å². The molecular weight excluding hydrogens is 342 g/mol. The first-order valence-corrected chi connectivity index (χ1v) is 10.1. The minimum atomic E-state index is -3.73. The van der Waals surface area contributed by atoms with Crippen LogP contribution in [0.5, 0.6) is 5.75 Å². The lowest BCUT2D eigenvalue weighted by Gasteiger charge is -2.17. The fraction of sp³-hybridized carbons (Fsp3) is 0.588. The first kappa shape index (κ1) is 19.5. The fourth-order valence-electron chi connectivity index (χ4n) is 2.86. The summed E-state index contributed by atoms with van der Waals surface area (Å²) < 4.78 is 32.4. The van der Waals surface area contributed by atoms with Crippen molar-refractivity contribution in [3.8, 4) is 5.75 Å². The highest BCUT2D eigenvalue weighted by Gasteiger charge is 2.28. The number of likely N-dealkylation sites (tertiary alicyclic amines) is 1. The van der Waals surface area contributed by atoms with Gasteiger partial charge in [0.25, 0.3) is 0 Å². The number of sulfonamides is 1. The molecular formula is C17H27N3O4S. The van der Waals surface area contributed by atoms with Gasteiger partial charge in [-0.25, -0.2) is 8.42 Å². The van der Waals surface area contributed by atoms with E-state index in [2.05, 4.69) is 10.0 Å². The molecule has 1 aliphatic rings. The van der Waals surface area contributed by atoms with E-state index < -0.39 is 15.8 Å². The second-order valence-electron chi connectivity index (χ2n) is 6.60. The zero-order valence-electron chi connectivity index (χ0n) is 15.0. The maximum Gasteiger partial charge on any atom is 0.241 e. The van der Waals surface area contributed by atoms with Gasteiger partial charge >= 0.3 is 0 Å². The van der Waals surface area contributed by atoms with E-state index in [1.54, 1.807) is 29.2 Å². The topological polar surface area (TPSA) is 87.7 Å². The van der Waals surface area contributed by atoms with Gasteiger partial charge in [-0.15, -0.1) is 0 Å². The number of carbonyl (C=O) groups excluding carboxylic acids is 1. The Bertz CT molecular complexity index is 674. The number of nitrogens with zero attached hydrogens (tertiary/aromatic N) is 1. The summed E-state index contributed by atoms with van der Waals surface area (Å²) in [7, 11) is -1.86. The Morgan fingerprint density at radius 3 is 2.60 bits per heavy atom. The fourth-order valence-corrected chi connectivity index (χ4v) is 3.93. The van der Waals surface area contributed by atoms with Crippen molar-refractivity contribution in [2.75, 3.05) is 37.2 Å². The van der Waals surface area contributed by atoms with Crippen molar-refractivity contribution >= 4 is 21.6 Å². The molecule has 0 saturated carbocycles. The van der Waals surface area contributed by atoms with E-state index in [1.807, 2.05) is 20.9 Å². The molecule has 1 atom stereocenters. The van der Waals surface area contributed by atoms with Crippen LogP contribution in [-0.2, 0) is 14.8 Å². The van der Waals surface area contributed by atoms with Crippen molar-refractivity contribution in [1.82, 2.24) is 10.2 Å². The average Bonchev–Trinajstić information content (AvgIpc) is 2.97. The largest absolute Gasteiger partial charge is 0.491 e. The SMILES string of the molecule is CNCC1CCN(C(=O)CS(=O)(=O)Nc2ccc(OC(C)C)cc2)C1. The van der Waals surface area contributed by atoms with Crippen LogP contribution in [0.15, 0.2) is 24.3 Å². The molecule has 1 aromatic carbocycles. The summed E-state index contributed by atoms with van der Waals surface area (Å²) in [6.45, 7) is 5.89. The number of nitrogens with one attached hydrogen (secondary N) is 2.